The van der Waals surface area contributed by atoms with E-state index >= 15 is 0 Å². The lowest BCUT2D eigenvalue weighted by Crippen LogP contribution is -2.45. The molecular weight excluding hydrogens is 260 g/mol. The summed E-state index contributed by atoms with van der Waals surface area (Å²) in [5.41, 5.74) is 4.69. The van der Waals surface area contributed by atoms with Crippen LogP contribution in [-0.4, -0.2) is 35.8 Å². The molecule has 0 spiro atoms. The molecule has 0 unspecified atom stereocenters. The normalized spacial score (nSPS) is 26.6. The zero-order valence-corrected chi connectivity index (χ0v) is 12.8. The van der Waals surface area contributed by atoms with Gasteiger partial charge in [0, 0.05) is 29.4 Å². The summed E-state index contributed by atoms with van der Waals surface area (Å²) in [7, 11) is 2.13. The highest BCUT2D eigenvalue weighted by Crippen LogP contribution is 2.37. The quantitative estimate of drug-likeness (QED) is 0.859. The van der Waals surface area contributed by atoms with Crippen LogP contribution in [0.4, 0.5) is 0 Å². The topological polar surface area (TPSA) is 36.1 Å². The van der Waals surface area contributed by atoms with Crippen molar-refractivity contribution in [3.63, 3.8) is 0 Å². The van der Waals surface area contributed by atoms with E-state index in [1.807, 2.05) is 0 Å². The molecule has 1 aliphatic carbocycles. The summed E-state index contributed by atoms with van der Waals surface area (Å²) >= 11 is 0. The lowest BCUT2D eigenvalue weighted by atomic mass is 9.73. The molecule has 0 amide bonds. The third kappa shape index (κ3) is 2.23. The van der Waals surface area contributed by atoms with Gasteiger partial charge in [0.05, 0.1) is 0 Å². The molecule has 1 fully saturated rings. The van der Waals surface area contributed by atoms with Gasteiger partial charge in [-0.05, 0) is 51.3 Å². The summed E-state index contributed by atoms with van der Waals surface area (Å²) in [6, 6.07) is 0. The molecule has 2 heterocycles. The maximum atomic E-state index is 12.7. The fraction of sp³-hybridized carbons (Fsp3) is 0.667. The SMILES string of the molecule is CCc1c(C)[nH]c2c1C(=O)[C@H]1CN(C)CC[C@@H]1C2.Cl. The molecule has 1 aromatic heterocycles. The first-order valence-corrected chi connectivity index (χ1v) is 7.04. The van der Waals surface area contributed by atoms with Crippen LogP contribution in [0.25, 0.3) is 0 Å². The van der Waals surface area contributed by atoms with Gasteiger partial charge in [-0.3, -0.25) is 4.79 Å². The van der Waals surface area contributed by atoms with Crippen molar-refractivity contribution in [2.45, 2.75) is 33.1 Å². The standard InChI is InChI=1S/C15H22N2O.ClH/c1-4-11-9(2)16-13-7-10-5-6-17(3)8-12(10)15(18)14(11)13;/h10,12,16H,4-8H2,1-3H3;1H/t10-,12+;/m1./s1. The number of carbonyl (C=O) groups excluding carboxylic acids is 1. The van der Waals surface area contributed by atoms with E-state index in [4.69, 9.17) is 0 Å². The minimum Gasteiger partial charge on any atom is -0.362 e. The summed E-state index contributed by atoms with van der Waals surface area (Å²) in [6.07, 6.45) is 3.18. The highest BCUT2D eigenvalue weighted by Gasteiger charge is 2.40. The molecule has 2 aliphatic rings. The predicted molar refractivity (Wildman–Crippen MR) is 79.3 cm³/mol. The Kier molecular flexibility index (Phi) is 4.07. The molecule has 2 atom stereocenters. The molecule has 0 bridgehead atoms. The molecule has 19 heavy (non-hydrogen) atoms. The average molecular weight is 283 g/mol. The number of aromatic nitrogens is 1. The Bertz CT molecular complexity index is 495. The average Bonchev–Trinajstić information content (AvgIpc) is 2.66. The zero-order chi connectivity index (χ0) is 12.9. The minimum absolute atomic E-state index is 0. The number of aromatic amines is 1. The summed E-state index contributed by atoms with van der Waals surface area (Å²) in [5, 5.41) is 0. The van der Waals surface area contributed by atoms with Gasteiger partial charge >= 0.3 is 0 Å². The number of halogens is 1. The van der Waals surface area contributed by atoms with Crippen molar-refractivity contribution in [1.82, 2.24) is 9.88 Å². The van der Waals surface area contributed by atoms with Gasteiger partial charge in [-0.1, -0.05) is 6.92 Å². The number of hydrogen-bond donors (Lipinski definition) is 1. The molecule has 0 saturated carbocycles. The molecule has 1 N–H and O–H groups in total. The summed E-state index contributed by atoms with van der Waals surface area (Å²) in [6.45, 7) is 6.31. The first-order valence-electron chi connectivity index (χ1n) is 7.04. The van der Waals surface area contributed by atoms with Gasteiger partial charge in [0.15, 0.2) is 5.78 Å². The van der Waals surface area contributed by atoms with E-state index in [2.05, 4.69) is 30.8 Å². The molecule has 1 saturated heterocycles. The lowest BCUT2D eigenvalue weighted by molar-refractivity contribution is 0.0705. The number of piperidine rings is 1. The van der Waals surface area contributed by atoms with Crippen LogP contribution in [0.15, 0.2) is 0 Å². The van der Waals surface area contributed by atoms with Gasteiger partial charge in [0.25, 0.3) is 0 Å². The molecule has 1 aromatic rings. The van der Waals surface area contributed by atoms with Crippen molar-refractivity contribution in [1.29, 1.82) is 0 Å². The van der Waals surface area contributed by atoms with E-state index in [0.29, 0.717) is 11.7 Å². The van der Waals surface area contributed by atoms with Crippen LogP contribution in [0.2, 0.25) is 0 Å². The number of aryl methyl sites for hydroxylation is 1. The van der Waals surface area contributed by atoms with E-state index in [-0.39, 0.29) is 18.3 Å². The van der Waals surface area contributed by atoms with E-state index in [0.717, 1.165) is 37.9 Å². The molecule has 3 rings (SSSR count). The van der Waals surface area contributed by atoms with E-state index < -0.39 is 0 Å². The molecular formula is C15H23ClN2O. The Balaban J connectivity index is 0.00000133. The molecule has 0 aromatic carbocycles. The van der Waals surface area contributed by atoms with Crippen molar-refractivity contribution in [3.05, 3.63) is 22.5 Å². The molecule has 1 aliphatic heterocycles. The van der Waals surface area contributed by atoms with Crippen LogP contribution < -0.4 is 0 Å². The monoisotopic (exact) mass is 282 g/mol. The van der Waals surface area contributed by atoms with E-state index in [9.17, 15) is 4.79 Å². The second kappa shape index (κ2) is 5.29. The third-order valence-electron chi connectivity index (χ3n) is 4.76. The van der Waals surface area contributed by atoms with Gasteiger partial charge in [0.1, 0.15) is 0 Å². The number of carbonyl (C=O) groups is 1. The van der Waals surface area contributed by atoms with Crippen LogP contribution in [0.3, 0.4) is 0 Å². The van der Waals surface area contributed by atoms with Crippen LogP contribution in [0, 0.1) is 18.8 Å². The number of H-pyrrole nitrogens is 1. The number of fused-ring (bicyclic) bond motifs is 2. The Morgan fingerprint density at radius 2 is 2.16 bits per heavy atom. The molecule has 0 radical (unpaired) electrons. The smallest absolute Gasteiger partial charge is 0.169 e. The third-order valence-corrected chi connectivity index (χ3v) is 4.76. The number of nitrogens with one attached hydrogen (secondary N) is 1. The van der Waals surface area contributed by atoms with Gasteiger partial charge in [-0.15, -0.1) is 12.4 Å². The second-order valence-electron chi connectivity index (χ2n) is 5.92. The fourth-order valence-corrected chi connectivity index (χ4v) is 3.78. The Labute approximate surface area is 121 Å². The zero-order valence-electron chi connectivity index (χ0n) is 12.0. The van der Waals surface area contributed by atoms with Crippen molar-refractivity contribution in [3.8, 4) is 0 Å². The number of ketones is 1. The summed E-state index contributed by atoms with van der Waals surface area (Å²) < 4.78 is 0. The first kappa shape index (κ1) is 14.6. The first-order chi connectivity index (χ1) is 8.61. The molecule has 106 valence electrons. The van der Waals surface area contributed by atoms with Crippen LogP contribution in [0.5, 0.6) is 0 Å². The van der Waals surface area contributed by atoms with Crippen molar-refractivity contribution >= 4 is 18.2 Å². The van der Waals surface area contributed by atoms with Crippen molar-refractivity contribution in [2.24, 2.45) is 11.8 Å². The van der Waals surface area contributed by atoms with Crippen molar-refractivity contribution in [2.75, 3.05) is 20.1 Å². The maximum Gasteiger partial charge on any atom is 0.169 e. The van der Waals surface area contributed by atoms with Crippen molar-refractivity contribution < 1.29 is 4.79 Å². The number of Topliss-reactive ketones (excluding diaryl/α,β-unsaturated/α-hetero) is 1. The molecule has 4 heteroatoms. The Morgan fingerprint density at radius 3 is 2.84 bits per heavy atom. The van der Waals surface area contributed by atoms with Gasteiger partial charge in [0.2, 0.25) is 0 Å². The van der Waals surface area contributed by atoms with Gasteiger partial charge in [-0.25, -0.2) is 0 Å². The largest absolute Gasteiger partial charge is 0.362 e. The number of rotatable bonds is 1. The molecule has 3 nitrogen and oxygen atoms in total. The minimum atomic E-state index is 0. The Morgan fingerprint density at radius 1 is 1.42 bits per heavy atom. The van der Waals surface area contributed by atoms with Crippen LogP contribution in [0.1, 0.15) is 40.7 Å². The van der Waals surface area contributed by atoms with Gasteiger partial charge in [-0.2, -0.15) is 0 Å². The highest BCUT2D eigenvalue weighted by molar-refractivity contribution is 6.02. The van der Waals surface area contributed by atoms with E-state index in [1.165, 1.54) is 17.0 Å². The van der Waals surface area contributed by atoms with Crippen LogP contribution in [-0.2, 0) is 12.8 Å². The summed E-state index contributed by atoms with van der Waals surface area (Å²) in [5.74, 6) is 1.19. The predicted octanol–water partition coefficient (Wildman–Crippen LogP) is 2.61. The second-order valence-corrected chi connectivity index (χ2v) is 5.92. The summed E-state index contributed by atoms with van der Waals surface area (Å²) in [4.78, 5) is 18.5. The highest BCUT2D eigenvalue weighted by atomic mass is 35.5. The number of likely N-dealkylation sites (tertiary alicyclic amines) is 1. The number of hydrogen-bond acceptors (Lipinski definition) is 2. The lowest BCUT2D eigenvalue weighted by Gasteiger charge is -2.38. The number of nitrogens with zero attached hydrogens (tertiary/aromatic N) is 1. The Hall–Kier alpha value is -0.800. The van der Waals surface area contributed by atoms with Gasteiger partial charge < -0.3 is 9.88 Å². The van der Waals surface area contributed by atoms with E-state index in [1.54, 1.807) is 0 Å². The maximum absolute atomic E-state index is 12.7. The fourth-order valence-electron chi connectivity index (χ4n) is 3.78. The van der Waals surface area contributed by atoms with Crippen LogP contribution >= 0.6 is 12.4 Å².